The molecule has 0 aromatic heterocycles. The Kier molecular flexibility index (Phi) is 6.78. The Morgan fingerprint density at radius 1 is 1.26 bits per heavy atom. The molecule has 1 aliphatic rings. The molecule has 1 saturated carbocycles. The van der Waals surface area contributed by atoms with Crippen LogP contribution < -0.4 is 5.32 Å². The third-order valence-electron chi connectivity index (χ3n) is 4.55. The third kappa shape index (κ3) is 6.73. The van der Waals surface area contributed by atoms with Gasteiger partial charge < -0.3 is 15.5 Å². The van der Waals surface area contributed by atoms with Crippen molar-refractivity contribution < 1.29 is 10.2 Å². The smallest absolute Gasteiger partial charge is 0.0591 e. The zero-order valence-electron chi connectivity index (χ0n) is 13.0. The summed E-state index contributed by atoms with van der Waals surface area (Å²) in [5.74, 6) is 0.710. The first-order valence-electron chi connectivity index (χ1n) is 7.91. The molecule has 1 atom stereocenters. The minimum Gasteiger partial charge on any atom is -0.396 e. The van der Waals surface area contributed by atoms with Gasteiger partial charge in [-0.1, -0.05) is 26.2 Å². The molecule has 0 aliphatic heterocycles. The highest BCUT2D eigenvalue weighted by atomic mass is 16.3. The summed E-state index contributed by atoms with van der Waals surface area (Å²) in [4.78, 5) is 0. The number of hydrogen-bond acceptors (Lipinski definition) is 3. The van der Waals surface area contributed by atoms with Gasteiger partial charge in [0.1, 0.15) is 0 Å². The van der Waals surface area contributed by atoms with E-state index in [2.05, 4.69) is 12.2 Å². The van der Waals surface area contributed by atoms with Gasteiger partial charge in [0.15, 0.2) is 0 Å². The van der Waals surface area contributed by atoms with Gasteiger partial charge in [-0.15, -0.1) is 0 Å². The SMILES string of the molecule is C[C@@H](CCCC(C)(C)O)CCNCC1(CO)CCC1. The van der Waals surface area contributed by atoms with E-state index < -0.39 is 5.60 Å². The van der Waals surface area contributed by atoms with E-state index in [4.69, 9.17) is 0 Å². The highest BCUT2D eigenvalue weighted by Gasteiger charge is 2.35. The van der Waals surface area contributed by atoms with Crippen molar-refractivity contribution in [2.45, 2.75) is 71.3 Å². The minimum atomic E-state index is -0.518. The van der Waals surface area contributed by atoms with E-state index in [-0.39, 0.29) is 5.41 Å². The topological polar surface area (TPSA) is 52.5 Å². The van der Waals surface area contributed by atoms with Crippen LogP contribution in [0.15, 0.2) is 0 Å². The van der Waals surface area contributed by atoms with Crippen molar-refractivity contribution in [1.82, 2.24) is 5.32 Å². The van der Waals surface area contributed by atoms with Crippen molar-refractivity contribution in [1.29, 1.82) is 0 Å². The van der Waals surface area contributed by atoms with Crippen LogP contribution in [0.4, 0.5) is 0 Å². The van der Waals surface area contributed by atoms with E-state index in [9.17, 15) is 10.2 Å². The van der Waals surface area contributed by atoms with Gasteiger partial charge in [-0.3, -0.25) is 0 Å². The molecular weight excluding hydrogens is 238 g/mol. The molecule has 0 bridgehead atoms. The zero-order chi connectivity index (χ0) is 14.4. The van der Waals surface area contributed by atoms with Gasteiger partial charge in [0.2, 0.25) is 0 Å². The first-order chi connectivity index (χ1) is 8.87. The van der Waals surface area contributed by atoms with Gasteiger partial charge in [-0.2, -0.15) is 0 Å². The van der Waals surface area contributed by atoms with E-state index in [0.717, 1.165) is 25.9 Å². The molecule has 1 fully saturated rings. The summed E-state index contributed by atoms with van der Waals surface area (Å²) in [7, 11) is 0. The second kappa shape index (κ2) is 7.61. The van der Waals surface area contributed by atoms with Crippen LogP contribution in [0.25, 0.3) is 0 Å². The molecule has 19 heavy (non-hydrogen) atoms. The molecule has 1 aliphatic carbocycles. The molecule has 1 rings (SSSR count). The van der Waals surface area contributed by atoms with Crippen molar-refractivity contribution in [2.75, 3.05) is 19.7 Å². The normalized spacial score (nSPS) is 20.1. The van der Waals surface area contributed by atoms with Gasteiger partial charge in [-0.25, -0.2) is 0 Å². The van der Waals surface area contributed by atoms with Gasteiger partial charge in [0, 0.05) is 18.6 Å². The second-order valence-electron chi connectivity index (χ2n) is 7.29. The molecule has 0 saturated heterocycles. The maximum atomic E-state index is 9.66. The molecule has 0 spiro atoms. The fourth-order valence-corrected chi connectivity index (χ4v) is 2.80. The Balaban J connectivity index is 1.99. The maximum absolute atomic E-state index is 9.66. The molecule has 3 N–H and O–H groups in total. The highest BCUT2D eigenvalue weighted by Crippen LogP contribution is 2.39. The van der Waals surface area contributed by atoms with E-state index in [1.54, 1.807) is 0 Å². The van der Waals surface area contributed by atoms with E-state index >= 15 is 0 Å². The third-order valence-corrected chi connectivity index (χ3v) is 4.55. The van der Waals surface area contributed by atoms with Gasteiger partial charge in [-0.05, 0) is 52.0 Å². The predicted molar refractivity (Wildman–Crippen MR) is 80.2 cm³/mol. The van der Waals surface area contributed by atoms with Crippen LogP contribution in [-0.2, 0) is 0 Å². The number of hydrogen-bond donors (Lipinski definition) is 3. The van der Waals surface area contributed by atoms with E-state index in [0.29, 0.717) is 12.5 Å². The summed E-state index contributed by atoms with van der Waals surface area (Å²) < 4.78 is 0. The largest absolute Gasteiger partial charge is 0.396 e. The van der Waals surface area contributed by atoms with Crippen molar-refractivity contribution >= 4 is 0 Å². The van der Waals surface area contributed by atoms with Gasteiger partial charge in [0.25, 0.3) is 0 Å². The zero-order valence-corrected chi connectivity index (χ0v) is 13.0. The standard InChI is InChI=1S/C16H33NO2/c1-14(6-4-8-15(2,3)19)7-11-17-12-16(13-18)9-5-10-16/h14,17-19H,4-13H2,1-3H3/t14-/m0/s1. The number of rotatable bonds is 10. The number of nitrogens with one attached hydrogen (secondary N) is 1. The summed E-state index contributed by atoms with van der Waals surface area (Å²) in [6.07, 6.45) is 8.00. The monoisotopic (exact) mass is 271 g/mol. The number of aliphatic hydroxyl groups excluding tert-OH is 1. The lowest BCUT2D eigenvalue weighted by Gasteiger charge is -2.40. The van der Waals surface area contributed by atoms with Crippen molar-refractivity contribution in [2.24, 2.45) is 11.3 Å². The molecule has 114 valence electrons. The average molecular weight is 271 g/mol. The Morgan fingerprint density at radius 3 is 2.42 bits per heavy atom. The quantitative estimate of drug-likeness (QED) is 0.536. The first kappa shape index (κ1) is 16.9. The molecule has 0 radical (unpaired) electrons. The van der Waals surface area contributed by atoms with Crippen LogP contribution in [0.1, 0.15) is 65.7 Å². The molecular formula is C16H33NO2. The van der Waals surface area contributed by atoms with Crippen LogP contribution >= 0.6 is 0 Å². The van der Waals surface area contributed by atoms with Crippen molar-refractivity contribution in [3.05, 3.63) is 0 Å². The Morgan fingerprint density at radius 2 is 1.95 bits per heavy atom. The van der Waals surface area contributed by atoms with Crippen LogP contribution in [-0.4, -0.2) is 35.5 Å². The lowest BCUT2D eigenvalue weighted by molar-refractivity contribution is 0.0446. The fourth-order valence-electron chi connectivity index (χ4n) is 2.80. The average Bonchev–Trinajstić information content (AvgIpc) is 2.25. The predicted octanol–water partition coefficient (Wildman–Crippen LogP) is 2.71. The molecule has 0 amide bonds. The summed E-state index contributed by atoms with van der Waals surface area (Å²) >= 11 is 0. The van der Waals surface area contributed by atoms with Crippen LogP contribution in [0, 0.1) is 11.3 Å². The minimum absolute atomic E-state index is 0.199. The van der Waals surface area contributed by atoms with Crippen LogP contribution in [0.3, 0.4) is 0 Å². The molecule has 0 unspecified atom stereocenters. The van der Waals surface area contributed by atoms with Crippen LogP contribution in [0.2, 0.25) is 0 Å². The van der Waals surface area contributed by atoms with E-state index in [1.165, 1.54) is 32.1 Å². The summed E-state index contributed by atoms with van der Waals surface area (Å²) in [6, 6.07) is 0. The molecule has 0 heterocycles. The van der Waals surface area contributed by atoms with Gasteiger partial charge in [0.05, 0.1) is 5.60 Å². The lowest BCUT2D eigenvalue weighted by Crippen LogP contribution is -2.43. The Bertz CT molecular complexity index is 238. The molecule has 0 aromatic carbocycles. The maximum Gasteiger partial charge on any atom is 0.0591 e. The summed E-state index contributed by atoms with van der Waals surface area (Å²) in [5.41, 5.74) is -0.320. The summed E-state index contributed by atoms with van der Waals surface area (Å²) in [6.45, 7) is 8.40. The lowest BCUT2D eigenvalue weighted by atomic mass is 9.69. The van der Waals surface area contributed by atoms with Crippen LogP contribution in [0.5, 0.6) is 0 Å². The highest BCUT2D eigenvalue weighted by molar-refractivity contribution is 4.88. The first-order valence-corrected chi connectivity index (χ1v) is 7.91. The summed E-state index contributed by atoms with van der Waals surface area (Å²) in [5, 5.41) is 22.5. The molecule has 3 nitrogen and oxygen atoms in total. The van der Waals surface area contributed by atoms with Gasteiger partial charge >= 0.3 is 0 Å². The van der Waals surface area contributed by atoms with Crippen molar-refractivity contribution in [3.8, 4) is 0 Å². The fraction of sp³-hybridized carbons (Fsp3) is 1.00. The molecule has 0 aromatic rings. The second-order valence-corrected chi connectivity index (χ2v) is 7.29. The van der Waals surface area contributed by atoms with Crippen molar-refractivity contribution in [3.63, 3.8) is 0 Å². The molecule has 3 heteroatoms. The Labute approximate surface area is 118 Å². The Hall–Kier alpha value is -0.120. The number of aliphatic hydroxyl groups is 2. The van der Waals surface area contributed by atoms with E-state index in [1.807, 2.05) is 13.8 Å².